The predicted octanol–water partition coefficient (Wildman–Crippen LogP) is 2.82. The van der Waals surface area contributed by atoms with Gasteiger partial charge in [0.2, 0.25) is 0 Å². The van der Waals surface area contributed by atoms with E-state index in [9.17, 15) is 0 Å². The van der Waals surface area contributed by atoms with Crippen LogP contribution in [0.3, 0.4) is 0 Å². The van der Waals surface area contributed by atoms with Crippen molar-refractivity contribution in [2.45, 2.75) is 25.5 Å². The molecule has 1 aliphatic heterocycles. The van der Waals surface area contributed by atoms with Gasteiger partial charge in [0.25, 0.3) is 0 Å². The quantitative estimate of drug-likeness (QED) is 0.853. The van der Waals surface area contributed by atoms with Gasteiger partial charge in [0.15, 0.2) is 0 Å². The lowest BCUT2D eigenvalue weighted by Crippen LogP contribution is -2.28. The molecule has 0 bridgehead atoms. The molecule has 1 aliphatic rings. The summed E-state index contributed by atoms with van der Waals surface area (Å²) in [6.07, 6.45) is 4.46. The zero-order valence-electron chi connectivity index (χ0n) is 9.29. The molecular weight excluding hydrogens is 206 g/mol. The molecule has 1 N–H and O–H groups in total. The molecule has 1 saturated heterocycles. The van der Waals surface area contributed by atoms with Gasteiger partial charge in [-0.15, -0.1) is 0 Å². The minimum atomic E-state index is 0.909. The molecule has 0 aromatic carbocycles. The van der Waals surface area contributed by atoms with Crippen LogP contribution in [-0.2, 0) is 5.75 Å². The van der Waals surface area contributed by atoms with E-state index in [0.29, 0.717) is 0 Å². The van der Waals surface area contributed by atoms with E-state index in [0.717, 1.165) is 17.4 Å². The van der Waals surface area contributed by atoms with Crippen molar-refractivity contribution in [3.05, 3.63) is 23.7 Å². The molecule has 1 aromatic heterocycles. The normalized spacial score (nSPS) is 18.2. The minimum absolute atomic E-state index is 0.909. The van der Waals surface area contributed by atoms with Crippen molar-refractivity contribution >= 4 is 11.8 Å². The molecule has 2 nitrogen and oxygen atoms in total. The average molecular weight is 225 g/mol. The van der Waals surface area contributed by atoms with Crippen molar-refractivity contribution in [3.63, 3.8) is 0 Å². The van der Waals surface area contributed by atoms with Crippen LogP contribution in [0.4, 0.5) is 0 Å². The third kappa shape index (κ3) is 3.28. The fraction of sp³-hybridized carbons (Fsp3) is 0.667. The molecule has 0 spiro atoms. The summed E-state index contributed by atoms with van der Waals surface area (Å²) in [7, 11) is 0. The van der Waals surface area contributed by atoms with E-state index in [1.54, 1.807) is 6.26 Å². The Morgan fingerprint density at radius 2 is 2.27 bits per heavy atom. The Morgan fingerprint density at radius 1 is 1.47 bits per heavy atom. The lowest BCUT2D eigenvalue weighted by molar-refractivity contribution is 0.407. The van der Waals surface area contributed by atoms with Crippen molar-refractivity contribution in [1.29, 1.82) is 0 Å². The van der Waals surface area contributed by atoms with E-state index in [4.69, 9.17) is 4.42 Å². The standard InChI is InChI=1S/C12H19NOS/c1-10-4-7-14-12(10)9-15-8-11-2-5-13-6-3-11/h4,7,11,13H,2-3,5-6,8-9H2,1H3. The molecule has 3 heteroatoms. The van der Waals surface area contributed by atoms with Gasteiger partial charge >= 0.3 is 0 Å². The summed E-state index contributed by atoms with van der Waals surface area (Å²) >= 11 is 2.01. The van der Waals surface area contributed by atoms with E-state index in [2.05, 4.69) is 12.2 Å². The second-order valence-corrected chi connectivity index (χ2v) is 5.27. The maximum absolute atomic E-state index is 5.42. The fourth-order valence-electron chi connectivity index (χ4n) is 1.92. The molecule has 15 heavy (non-hydrogen) atoms. The molecule has 0 unspecified atom stereocenters. The fourth-order valence-corrected chi connectivity index (χ4v) is 3.18. The van der Waals surface area contributed by atoms with E-state index in [-0.39, 0.29) is 0 Å². The number of nitrogens with one attached hydrogen (secondary N) is 1. The molecule has 1 aromatic rings. The van der Waals surface area contributed by atoms with Crippen molar-refractivity contribution in [1.82, 2.24) is 5.32 Å². The second kappa shape index (κ2) is 5.61. The Labute approximate surface area is 95.8 Å². The molecule has 2 rings (SSSR count). The third-order valence-corrected chi connectivity index (χ3v) is 4.19. The third-order valence-electron chi connectivity index (χ3n) is 3.01. The van der Waals surface area contributed by atoms with Crippen molar-refractivity contribution < 1.29 is 4.42 Å². The molecular formula is C12H19NOS. The topological polar surface area (TPSA) is 25.2 Å². The first kappa shape index (κ1) is 11.1. The first-order valence-corrected chi connectivity index (χ1v) is 6.83. The number of thioether (sulfide) groups is 1. The molecule has 1 fully saturated rings. The Morgan fingerprint density at radius 3 is 2.93 bits per heavy atom. The lowest BCUT2D eigenvalue weighted by atomic mass is 10.0. The summed E-state index contributed by atoms with van der Waals surface area (Å²) in [5.74, 6) is 4.37. The zero-order chi connectivity index (χ0) is 10.5. The van der Waals surface area contributed by atoms with Gasteiger partial charge in [0, 0.05) is 0 Å². The SMILES string of the molecule is Cc1ccoc1CSCC1CCNCC1. The molecule has 0 radical (unpaired) electrons. The van der Waals surface area contributed by atoms with Gasteiger partial charge in [-0.05, 0) is 56.2 Å². The highest BCUT2D eigenvalue weighted by atomic mass is 32.2. The van der Waals surface area contributed by atoms with Gasteiger partial charge in [-0.25, -0.2) is 0 Å². The summed E-state index contributed by atoms with van der Waals surface area (Å²) in [5.41, 5.74) is 1.29. The van der Waals surface area contributed by atoms with Crippen LogP contribution >= 0.6 is 11.8 Å². The maximum Gasteiger partial charge on any atom is 0.116 e. The predicted molar refractivity (Wildman–Crippen MR) is 65.2 cm³/mol. The molecule has 0 saturated carbocycles. The van der Waals surface area contributed by atoms with Crippen LogP contribution in [-0.4, -0.2) is 18.8 Å². The number of hydrogen-bond donors (Lipinski definition) is 1. The Kier molecular flexibility index (Phi) is 4.15. The summed E-state index contributed by atoms with van der Waals surface area (Å²) < 4.78 is 5.42. The summed E-state index contributed by atoms with van der Waals surface area (Å²) in [5, 5.41) is 3.40. The van der Waals surface area contributed by atoms with Gasteiger partial charge in [0.1, 0.15) is 5.76 Å². The molecule has 84 valence electrons. The van der Waals surface area contributed by atoms with Crippen LogP contribution in [0.15, 0.2) is 16.7 Å². The summed E-state index contributed by atoms with van der Waals surface area (Å²) in [4.78, 5) is 0. The van der Waals surface area contributed by atoms with Crippen LogP contribution in [0, 0.1) is 12.8 Å². The van der Waals surface area contributed by atoms with Crippen LogP contribution in [0.25, 0.3) is 0 Å². The summed E-state index contributed by atoms with van der Waals surface area (Å²) in [6.45, 7) is 4.51. The monoisotopic (exact) mass is 225 g/mol. The van der Waals surface area contributed by atoms with E-state index >= 15 is 0 Å². The van der Waals surface area contributed by atoms with Crippen molar-refractivity contribution in [2.75, 3.05) is 18.8 Å². The second-order valence-electron chi connectivity index (χ2n) is 4.24. The summed E-state index contributed by atoms with van der Waals surface area (Å²) in [6, 6.07) is 2.04. The van der Waals surface area contributed by atoms with Crippen LogP contribution in [0.5, 0.6) is 0 Å². The average Bonchev–Trinajstić information content (AvgIpc) is 2.66. The first-order valence-electron chi connectivity index (χ1n) is 5.67. The lowest BCUT2D eigenvalue weighted by Gasteiger charge is -2.21. The van der Waals surface area contributed by atoms with Gasteiger partial charge in [-0.3, -0.25) is 0 Å². The minimum Gasteiger partial charge on any atom is -0.468 e. The highest BCUT2D eigenvalue weighted by Crippen LogP contribution is 2.22. The maximum atomic E-state index is 5.42. The number of hydrogen-bond acceptors (Lipinski definition) is 3. The number of furan rings is 1. The Balaban J connectivity index is 1.68. The van der Waals surface area contributed by atoms with E-state index in [1.165, 1.54) is 37.2 Å². The highest BCUT2D eigenvalue weighted by molar-refractivity contribution is 7.98. The van der Waals surface area contributed by atoms with Gasteiger partial charge in [-0.1, -0.05) is 0 Å². The molecule has 0 amide bonds. The largest absolute Gasteiger partial charge is 0.468 e. The highest BCUT2D eigenvalue weighted by Gasteiger charge is 2.13. The zero-order valence-corrected chi connectivity index (χ0v) is 10.1. The van der Waals surface area contributed by atoms with Crippen molar-refractivity contribution in [2.24, 2.45) is 5.92 Å². The van der Waals surface area contributed by atoms with Crippen molar-refractivity contribution in [3.8, 4) is 0 Å². The molecule has 0 aliphatic carbocycles. The number of rotatable bonds is 4. The number of aryl methyl sites for hydroxylation is 1. The Bertz CT molecular complexity index is 292. The van der Waals surface area contributed by atoms with Gasteiger partial charge in [0.05, 0.1) is 12.0 Å². The Hall–Kier alpha value is -0.410. The smallest absolute Gasteiger partial charge is 0.116 e. The van der Waals surface area contributed by atoms with Crippen LogP contribution < -0.4 is 5.32 Å². The number of piperidine rings is 1. The van der Waals surface area contributed by atoms with E-state index < -0.39 is 0 Å². The van der Waals surface area contributed by atoms with Crippen LogP contribution in [0.2, 0.25) is 0 Å². The van der Waals surface area contributed by atoms with Crippen LogP contribution in [0.1, 0.15) is 24.2 Å². The molecule has 2 heterocycles. The first-order chi connectivity index (χ1) is 7.36. The molecule has 0 atom stereocenters. The van der Waals surface area contributed by atoms with E-state index in [1.807, 2.05) is 17.8 Å². The van der Waals surface area contributed by atoms with Gasteiger partial charge < -0.3 is 9.73 Å². The van der Waals surface area contributed by atoms with Gasteiger partial charge in [-0.2, -0.15) is 11.8 Å².